The number of rotatable bonds is 1. The van der Waals surface area contributed by atoms with Gasteiger partial charge in [0.2, 0.25) is 0 Å². The zero-order valence-electron chi connectivity index (χ0n) is 11.2. The number of fused-ring (bicyclic) bond motifs is 1. The molecule has 5 heteroatoms. The smallest absolute Gasteiger partial charge is 0.294 e. The first-order valence-corrected chi connectivity index (χ1v) is 6.99. The summed E-state index contributed by atoms with van der Waals surface area (Å²) in [5.74, 6) is -0.430. The molecule has 2 aromatic rings. The predicted molar refractivity (Wildman–Crippen MR) is 81.8 cm³/mol. The molecule has 3 rings (SSSR count). The van der Waals surface area contributed by atoms with Gasteiger partial charge in [0.25, 0.3) is 5.91 Å². The van der Waals surface area contributed by atoms with Crippen LogP contribution in [-0.4, -0.2) is 18.5 Å². The summed E-state index contributed by atoms with van der Waals surface area (Å²) in [6, 6.07) is 13.7. The maximum absolute atomic E-state index is 12.2. The van der Waals surface area contributed by atoms with Crippen LogP contribution in [0.1, 0.15) is 15.9 Å². The molecule has 0 atom stereocenters. The van der Waals surface area contributed by atoms with Gasteiger partial charge in [0.05, 0.1) is 0 Å². The average Bonchev–Trinajstić information content (AvgIpc) is 2.92. The fourth-order valence-corrected chi connectivity index (χ4v) is 2.51. The van der Waals surface area contributed by atoms with E-state index in [4.69, 9.17) is 11.6 Å². The topological polar surface area (TPSA) is 49.4 Å². The lowest BCUT2D eigenvalue weighted by molar-refractivity contribution is 0.0965. The highest BCUT2D eigenvalue weighted by Crippen LogP contribution is 2.27. The molecular formula is C16H13ClN2O2. The highest BCUT2D eigenvalue weighted by Gasteiger charge is 2.25. The second-order valence-electron chi connectivity index (χ2n) is 4.80. The quantitative estimate of drug-likeness (QED) is 0.879. The molecule has 0 saturated heterocycles. The molecule has 0 aromatic heterocycles. The van der Waals surface area contributed by atoms with Crippen LogP contribution < -0.4 is 10.2 Å². The molecule has 0 fully saturated rings. The molecule has 3 amide bonds. The first-order valence-electron chi connectivity index (χ1n) is 6.61. The van der Waals surface area contributed by atoms with Crippen LogP contribution in [0.4, 0.5) is 10.5 Å². The van der Waals surface area contributed by atoms with Gasteiger partial charge in [-0.3, -0.25) is 15.0 Å². The van der Waals surface area contributed by atoms with E-state index in [0.29, 0.717) is 17.1 Å². The van der Waals surface area contributed by atoms with Crippen LogP contribution in [0.25, 0.3) is 0 Å². The number of hydrogen-bond donors (Lipinski definition) is 1. The van der Waals surface area contributed by atoms with Gasteiger partial charge >= 0.3 is 6.03 Å². The van der Waals surface area contributed by atoms with Crippen molar-refractivity contribution in [2.45, 2.75) is 6.42 Å². The Kier molecular flexibility index (Phi) is 3.62. The number of halogens is 1. The van der Waals surface area contributed by atoms with Crippen molar-refractivity contribution in [3.63, 3.8) is 0 Å². The second-order valence-corrected chi connectivity index (χ2v) is 5.23. The molecule has 0 spiro atoms. The van der Waals surface area contributed by atoms with E-state index < -0.39 is 11.9 Å². The summed E-state index contributed by atoms with van der Waals surface area (Å²) in [5, 5.41) is 2.95. The van der Waals surface area contributed by atoms with Crippen molar-refractivity contribution >= 4 is 29.2 Å². The van der Waals surface area contributed by atoms with E-state index in [1.165, 1.54) is 0 Å². The molecule has 1 aliphatic heterocycles. The number of carbonyl (C=O) groups is 2. The molecule has 0 bridgehead atoms. The Morgan fingerprint density at radius 3 is 2.52 bits per heavy atom. The van der Waals surface area contributed by atoms with Crippen LogP contribution in [-0.2, 0) is 6.42 Å². The first-order chi connectivity index (χ1) is 10.1. The fraction of sp³-hybridized carbons (Fsp3) is 0.125. The van der Waals surface area contributed by atoms with Gasteiger partial charge in [-0.25, -0.2) is 4.79 Å². The minimum atomic E-state index is -0.430. The normalized spacial score (nSPS) is 12.9. The molecule has 4 nitrogen and oxygen atoms in total. The van der Waals surface area contributed by atoms with Crippen LogP contribution in [0.5, 0.6) is 0 Å². The van der Waals surface area contributed by atoms with Crippen molar-refractivity contribution < 1.29 is 9.59 Å². The van der Waals surface area contributed by atoms with Gasteiger partial charge in [0, 0.05) is 22.8 Å². The number of hydrogen-bond acceptors (Lipinski definition) is 2. The Morgan fingerprint density at radius 1 is 1.05 bits per heavy atom. The number of anilines is 1. The molecule has 2 aromatic carbocycles. The molecule has 0 saturated carbocycles. The van der Waals surface area contributed by atoms with Crippen LogP contribution in [0.2, 0.25) is 5.02 Å². The van der Waals surface area contributed by atoms with Crippen molar-refractivity contribution in [3.05, 3.63) is 64.7 Å². The maximum atomic E-state index is 12.2. The van der Waals surface area contributed by atoms with Crippen molar-refractivity contribution in [3.8, 4) is 0 Å². The number of nitrogens with one attached hydrogen (secondary N) is 1. The van der Waals surface area contributed by atoms with E-state index in [0.717, 1.165) is 17.7 Å². The van der Waals surface area contributed by atoms with Crippen molar-refractivity contribution in [2.24, 2.45) is 0 Å². The Bertz CT molecular complexity index is 698. The molecule has 106 valence electrons. The molecule has 1 heterocycles. The zero-order chi connectivity index (χ0) is 14.8. The lowest BCUT2D eigenvalue weighted by Crippen LogP contribution is -2.42. The van der Waals surface area contributed by atoms with E-state index >= 15 is 0 Å². The van der Waals surface area contributed by atoms with E-state index in [1.54, 1.807) is 29.2 Å². The molecule has 0 radical (unpaired) electrons. The summed E-state index contributed by atoms with van der Waals surface area (Å²) >= 11 is 5.78. The van der Waals surface area contributed by atoms with Gasteiger partial charge in [-0.15, -0.1) is 0 Å². The zero-order valence-corrected chi connectivity index (χ0v) is 11.9. The molecule has 0 unspecified atom stereocenters. The van der Waals surface area contributed by atoms with Gasteiger partial charge in [0.1, 0.15) is 0 Å². The van der Waals surface area contributed by atoms with Gasteiger partial charge in [-0.05, 0) is 42.3 Å². The third kappa shape index (κ3) is 2.76. The van der Waals surface area contributed by atoms with Gasteiger partial charge < -0.3 is 0 Å². The van der Waals surface area contributed by atoms with Crippen LogP contribution in [0.3, 0.4) is 0 Å². The first kappa shape index (κ1) is 13.6. The van der Waals surface area contributed by atoms with Gasteiger partial charge in [-0.1, -0.05) is 29.8 Å². The lowest BCUT2D eigenvalue weighted by Gasteiger charge is -2.17. The highest BCUT2D eigenvalue weighted by atomic mass is 35.5. The summed E-state index contributed by atoms with van der Waals surface area (Å²) in [7, 11) is 0. The average molecular weight is 301 g/mol. The van der Waals surface area contributed by atoms with E-state index in [2.05, 4.69) is 5.32 Å². The number of benzene rings is 2. The number of amides is 3. The van der Waals surface area contributed by atoms with Gasteiger partial charge in [0.15, 0.2) is 0 Å². The third-order valence-corrected chi connectivity index (χ3v) is 3.71. The summed E-state index contributed by atoms with van der Waals surface area (Å²) in [4.78, 5) is 25.8. The van der Waals surface area contributed by atoms with Crippen molar-refractivity contribution in [2.75, 3.05) is 11.4 Å². The number of urea groups is 1. The molecule has 1 N–H and O–H groups in total. The lowest BCUT2D eigenvalue weighted by atomic mass is 10.2. The molecule has 21 heavy (non-hydrogen) atoms. The SMILES string of the molecule is O=C(NC(=O)N1CCc2ccccc21)c1ccc(Cl)cc1. The highest BCUT2D eigenvalue weighted by molar-refractivity contribution is 6.30. The number of imide groups is 1. The predicted octanol–water partition coefficient (Wildman–Crippen LogP) is 3.25. The number of carbonyl (C=O) groups excluding carboxylic acids is 2. The minimum Gasteiger partial charge on any atom is -0.294 e. The van der Waals surface area contributed by atoms with Gasteiger partial charge in [-0.2, -0.15) is 0 Å². The Hall–Kier alpha value is -2.33. The largest absolute Gasteiger partial charge is 0.328 e. The van der Waals surface area contributed by atoms with Crippen LogP contribution in [0, 0.1) is 0 Å². The Labute approximate surface area is 127 Å². The van der Waals surface area contributed by atoms with Crippen LogP contribution in [0.15, 0.2) is 48.5 Å². The number of para-hydroxylation sites is 1. The summed E-state index contributed by atoms with van der Waals surface area (Å²) in [6.45, 7) is 0.582. The van der Waals surface area contributed by atoms with Crippen molar-refractivity contribution in [1.82, 2.24) is 5.32 Å². The Morgan fingerprint density at radius 2 is 1.76 bits per heavy atom. The van der Waals surface area contributed by atoms with E-state index in [-0.39, 0.29) is 0 Å². The fourth-order valence-electron chi connectivity index (χ4n) is 2.39. The third-order valence-electron chi connectivity index (χ3n) is 3.46. The minimum absolute atomic E-state index is 0.403. The summed E-state index contributed by atoms with van der Waals surface area (Å²) in [5.41, 5.74) is 2.38. The van der Waals surface area contributed by atoms with E-state index in [9.17, 15) is 9.59 Å². The van der Waals surface area contributed by atoms with Crippen LogP contribution >= 0.6 is 11.6 Å². The molecule has 0 aliphatic carbocycles. The second kappa shape index (κ2) is 5.58. The van der Waals surface area contributed by atoms with Crippen molar-refractivity contribution in [1.29, 1.82) is 0 Å². The monoisotopic (exact) mass is 300 g/mol. The molecular weight excluding hydrogens is 288 g/mol. The number of nitrogens with zero attached hydrogens (tertiary/aromatic N) is 1. The molecule has 1 aliphatic rings. The van der Waals surface area contributed by atoms with E-state index in [1.807, 2.05) is 24.3 Å². The summed E-state index contributed by atoms with van der Waals surface area (Å²) in [6.07, 6.45) is 0.804. The maximum Gasteiger partial charge on any atom is 0.328 e. The standard InChI is InChI=1S/C16H13ClN2O2/c17-13-7-5-12(6-8-13)15(20)18-16(21)19-10-9-11-3-1-2-4-14(11)19/h1-8H,9-10H2,(H,18,20,21). The summed E-state index contributed by atoms with van der Waals surface area (Å²) < 4.78 is 0. The Balaban J connectivity index is 1.73.